The molecule has 2 rings (SSSR count). The molecule has 0 aliphatic carbocycles. The van der Waals surface area contributed by atoms with Gasteiger partial charge in [-0.1, -0.05) is 6.07 Å². The summed E-state index contributed by atoms with van der Waals surface area (Å²) in [6.07, 6.45) is 1.30. The van der Waals surface area contributed by atoms with E-state index in [4.69, 9.17) is 14.3 Å². The van der Waals surface area contributed by atoms with Gasteiger partial charge in [0.05, 0.1) is 6.26 Å². The van der Waals surface area contributed by atoms with Crippen molar-refractivity contribution in [1.29, 1.82) is 0 Å². The Bertz CT molecular complexity index is 632. The largest absolute Gasteiger partial charge is 0.489 e. The molecule has 1 aromatic carbocycles. The minimum absolute atomic E-state index is 0.0711. The van der Waals surface area contributed by atoms with Crippen molar-refractivity contribution in [2.24, 2.45) is 0 Å². The van der Waals surface area contributed by atoms with Crippen LogP contribution in [0.4, 0.5) is 5.69 Å². The average molecular weight is 275 g/mol. The number of carbonyl (C=O) groups excluding carboxylic acids is 1. The van der Waals surface area contributed by atoms with Crippen molar-refractivity contribution in [1.82, 2.24) is 0 Å². The number of carboxylic acids is 1. The summed E-state index contributed by atoms with van der Waals surface area (Å²) >= 11 is 0. The number of aromatic carboxylic acids is 1. The van der Waals surface area contributed by atoms with Crippen LogP contribution in [0.3, 0.4) is 0 Å². The number of carbonyl (C=O) groups is 2. The van der Waals surface area contributed by atoms with E-state index in [1.807, 2.05) is 0 Å². The van der Waals surface area contributed by atoms with Gasteiger partial charge in [0.25, 0.3) is 0 Å². The molecule has 104 valence electrons. The van der Waals surface area contributed by atoms with Crippen LogP contribution in [0.1, 0.15) is 23.0 Å². The van der Waals surface area contributed by atoms with Gasteiger partial charge >= 0.3 is 5.97 Å². The van der Waals surface area contributed by atoms with E-state index < -0.39 is 5.97 Å². The van der Waals surface area contributed by atoms with E-state index in [1.165, 1.54) is 13.2 Å². The molecule has 2 aromatic rings. The third kappa shape index (κ3) is 3.38. The molecule has 2 N–H and O–H groups in total. The van der Waals surface area contributed by atoms with Gasteiger partial charge in [0.15, 0.2) is 0 Å². The summed E-state index contributed by atoms with van der Waals surface area (Å²) in [4.78, 5) is 21.8. The molecular formula is C14H13NO5. The highest BCUT2D eigenvalue weighted by Gasteiger charge is 2.14. The average Bonchev–Trinajstić information content (AvgIpc) is 2.84. The first-order valence-electron chi connectivity index (χ1n) is 5.86. The minimum Gasteiger partial charge on any atom is -0.489 e. The van der Waals surface area contributed by atoms with Gasteiger partial charge in [-0.05, 0) is 18.2 Å². The van der Waals surface area contributed by atoms with Crippen LogP contribution in [0.2, 0.25) is 0 Å². The minimum atomic E-state index is -1.14. The summed E-state index contributed by atoms with van der Waals surface area (Å²) in [6, 6.07) is 8.37. The van der Waals surface area contributed by atoms with Crippen LogP contribution in [0, 0.1) is 0 Å². The molecule has 0 aliphatic heterocycles. The van der Waals surface area contributed by atoms with E-state index in [-0.39, 0.29) is 18.3 Å². The predicted octanol–water partition coefficient (Wildman–Crippen LogP) is 2.52. The molecule has 0 fully saturated rings. The van der Waals surface area contributed by atoms with Crippen LogP contribution in [-0.2, 0) is 11.4 Å². The Balaban J connectivity index is 2.05. The molecular weight excluding hydrogens is 262 g/mol. The third-order valence-electron chi connectivity index (χ3n) is 2.49. The summed E-state index contributed by atoms with van der Waals surface area (Å²) in [5.74, 6) is -0.928. The number of benzene rings is 1. The fraction of sp³-hybridized carbons (Fsp3) is 0.143. The van der Waals surface area contributed by atoms with Crippen molar-refractivity contribution in [3.63, 3.8) is 0 Å². The molecule has 1 heterocycles. The zero-order valence-corrected chi connectivity index (χ0v) is 10.8. The normalized spacial score (nSPS) is 10.1. The van der Waals surface area contributed by atoms with Crippen molar-refractivity contribution in [2.45, 2.75) is 13.5 Å². The van der Waals surface area contributed by atoms with E-state index in [1.54, 1.807) is 30.3 Å². The fourth-order valence-electron chi connectivity index (χ4n) is 1.66. The molecule has 0 atom stereocenters. The van der Waals surface area contributed by atoms with Crippen LogP contribution in [0.5, 0.6) is 5.75 Å². The summed E-state index contributed by atoms with van der Waals surface area (Å²) in [6.45, 7) is 1.49. The second-order valence-electron chi connectivity index (χ2n) is 4.08. The molecule has 0 saturated heterocycles. The summed E-state index contributed by atoms with van der Waals surface area (Å²) in [5.41, 5.74) is 1.06. The van der Waals surface area contributed by atoms with E-state index in [0.29, 0.717) is 17.0 Å². The third-order valence-corrected chi connectivity index (χ3v) is 2.49. The number of hydrogen-bond acceptors (Lipinski definition) is 4. The van der Waals surface area contributed by atoms with Crippen LogP contribution in [0.15, 0.2) is 41.0 Å². The van der Waals surface area contributed by atoms with Crippen LogP contribution in [0.25, 0.3) is 0 Å². The predicted molar refractivity (Wildman–Crippen MR) is 70.7 cm³/mol. The first-order chi connectivity index (χ1) is 9.56. The van der Waals surface area contributed by atoms with E-state index in [9.17, 15) is 9.59 Å². The number of rotatable bonds is 5. The van der Waals surface area contributed by atoms with Crippen molar-refractivity contribution >= 4 is 17.6 Å². The van der Waals surface area contributed by atoms with Crippen molar-refractivity contribution < 1.29 is 23.8 Å². The molecule has 0 radical (unpaired) electrons. The van der Waals surface area contributed by atoms with Gasteiger partial charge in [0.1, 0.15) is 12.4 Å². The first kappa shape index (κ1) is 13.7. The fourth-order valence-corrected chi connectivity index (χ4v) is 1.66. The molecule has 6 heteroatoms. The van der Waals surface area contributed by atoms with E-state index in [0.717, 1.165) is 0 Å². The van der Waals surface area contributed by atoms with E-state index >= 15 is 0 Å². The number of amides is 1. The first-order valence-corrected chi connectivity index (χ1v) is 5.86. The van der Waals surface area contributed by atoms with Gasteiger partial charge in [-0.25, -0.2) is 4.79 Å². The molecule has 0 bridgehead atoms. The van der Waals surface area contributed by atoms with Gasteiger partial charge in [-0.15, -0.1) is 0 Å². The van der Waals surface area contributed by atoms with Crippen LogP contribution in [-0.4, -0.2) is 17.0 Å². The number of furan rings is 1. The Hall–Kier alpha value is -2.76. The number of carboxylic acid groups (broad SMARTS) is 1. The Morgan fingerprint density at radius 1 is 1.35 bits per heavy atom. The lowest BCUT2D eigenvalue weighted by molar-refractivity contribution is -0.114. The lowest BCUT2D eigenvalue weighted by Gasteiger charge is -2.07. The maximum atomic E-state index is 11.0. The summed E-state index contributed by atoms with van der Waals surface area (Å²) < 4.78 is 10.3. The van der Waals surface area contributed by atoms with Gasteiger partial charge in [-0.2, -0.15) is 0 Å². The maximum Gasteiger partial charge on any atom is 0.372 e. The quantitative estimate of drug-likeness (QED) is 0.875. The standard InChI is InChI=1S/C14H13NO5/c1-9(16)15-11-3-2-4-12(7-11)20-8-10-5-6-19-13(10)14(17)18/h2-7H,8H2,1H3,(H,15,16)(H,17,18). The lowest BCUT2D eigenvalue weighted by Crippen LogP contribution is -2.06. The monoisotopic (exact) mass is 275 g/mol. The number of anilines is 1. The highest BCUT2D eigenvalue weighted by Crippen LogP contribution is 2.20. The Morgan fingerprint density at radius 2 is 2.15 bits per heavy atom. The van der Waals surface area contributed by atoms with E-state index in [2.05, 4.69) is 5.32 Å². The van der Waals surface area contributed by atoms with Crippen LogP contribution < -0.4 is 10.1 Å². The Morgan fingerprint density at radius 3 is 2.85 bits per heavy atom. The molecule has 0 unspecified atom stereocenters. The molecule has 0 aliphatic rings. The molecule has 20 heavy (non-hydrogen) atoms. The van der Waals surface area contributed by atoms with Gasteiger partial charge in [-0.3, -0.25) is 4.79 Å². The van der Waals surface area contributed by atoms with Gasteiger partial charge in [0.2, 0.25) is 11.7 Å². The zero-order chi connectivity index (χ0) is 14.5. The van der Waals surface area contributed by atoms with Crippen molar-refractivity contribution in [3.8, 4) is 5.75 Å². The van der Waals surface area contributed by atoms with Crippen molar-refractivity contribution in [3.05, 3.63) is 47.9 Å². The Labute approximate surface area is 115 Å². The van der Waals surface area contributed by atoms with Crippen LogP contribution >= 0.6 is 0 Å². The van der Waals surface area contributed by atoms with Crippen molar-refractivity contribution in [2.75, 3.05) is 5.32 Å². The number of hydrogen-bond donors (Lipinski definition) is 2. The summed E-state index contributed by atoms with van der Waals surface area (Å²) in [5, 5.41) is 11.5. The zero-order valence-electron chi connectivity index (χ0n) is 10.8. The smallest absolute Gasteiger partial charge is 0.372 e. The number of ether oxygens (including phenoxy) is 1. The molecule has 1 amide bonds. The van der Waals surface area contributed by atoms with Gasteiger partial charge < -0.3 is 19.6 Å². The highest BCUT2D eigenvalue weighted by atomic mass is 16.5. The molecule has 0 saturated carbocycles. The number of nitrogens with one attached hydrogen (secondary N) is 1. The molecule has 0 spiro atoms. The SMILES string of the molecule is CC(=O)Nc1cccc(OCc2ccoc2C(=O)O)c1. The Kier molecular flexibility index (Phi) is 4.05. The molecule has 1 aromatic heterocycles. The lowest BCUT2D eigenvalue weighted by atomic mass is 10.2. The highest BCUT2D eigenvalue weighted by molar-refractivity contribution is 5.88. The second-order valence-corrected chi connectivity index (χ2v) is 4.08. The topological polar surface area (TPSA) is 88.8 Å². The van der Waals surface area contributed by atoms with Gasteiger partial charge in [0, 0.05) is 24.2 Å². The molecule has 6 nitrogen and oxygen atoms in total. The summed E-state index contributed by atoms with van der Waals surface area (Å²) in [7, 11) is 0. The maximum absolute atomic E-state index is 11.0. The second kappa shape index (κ2) is 5.92.